The number of alkyl halides is 3. The zero-order chi connectivity index (χ0) is 24.7. The smallest absolute Gasteiger partial charge is 0.312 e. The zero-order valence-electron chi connectivity index (χ0n) is 18.7. The molecule has 188 valence electrons. The summed E-state index contributed by atoms with van der Waals surface area (Å²) in [6.45, 7) is 3.28. The second-order valence-electron chi connectivity index (χ2n) is 8.85. The van der Waals surface area contributed by atoms with Gasteiger partial charge in [0.1, 0.15) is 0 Å². The molecule has 0 bridgehead atoms. The molecule has 1 amide bonds. The van der Waals surface area contributed by atoms with Gasteiger partial charge in [0.2, 0.25) is 5.91 Å². The van der Waals surface area contributed by atoms with Gasteiger partial charge in [0.25, 0.3) is 0 Å². The summed E-state index contributed by atoms with van der Waals surface area (Å²) in [5.41, 5.74) is 0.567. The first-order chi connectivity index (χ1) is 15.9. The molecule has 0 unspecified atom stereocenters. The van der Waals surface area contributed by atoms with Gasteiger partial charge in [-0.15, -0.1) is 0 Å². The first-order valence-electron chi connectivity index (χ1n) is 10.7. The number of nitrogens with zero attached hydrogens (tertiary/aromatic N) is 3. The minimum absolute atomic E-state index is 0. The van der Waals surface area contributed by atoms with E-state index in [-0.39, 0.29) is 19.8 Å². The molecule has 0 spiro atoms. The number of sulfone groups is 1. The van der Waals surface area contributed by atoms with Crippen molar-refractivity contribution in [2.24, 2.45) is 5.92 Å². The third-order valence-electron chi connectivity index (χ3n) is 6.53. The van der Waals surface area contributed by atoms with Gasteiger partial charge in [0.05, 0.1) is 21.5 Å². The number of benzene rings is 2. The molecule has 10 heteroatoms. The fraction of sp³-hybridized carbons (Fsp3) is 0.360. The number of imidazole rings is 1. The van der Waals surface area contributed by atoms with Crippen molar-refractivity contribution in [1.29, 1.82) is 0 Å². The lowest BCUT2D eigenvalue weighted by Gasteiger charge is -2.39. The highest BCUT2D eigenvalue weighted by Crippen LogP contribution is 2.40. The number of carbonyl (C=O) groups excluding carboxylic acids is 1. The van der Waals surface area contributed by atoms with Gasteiger partial charge in [0, 0.05) is 36.7 Å². The van der Waals surface area contributed by atoms with Gasteiger partial charge >= 0.3 is 6.18 Å². The average molecular weight is 508 g/mol. The lowest BCUT2D eigenvalue weighted by molar-refractivity contribution is -0.137. The summed E-state index contributed by atoms with van der Waals surface area (Å²) < 4.78 is 66.4. The molecule has 6 nitrogen and oxygen atoms in total. The van der Waals surface area contributed by atoms with E-state index < -0.39 is 37.1 Å². The van der Waals surface area contributed by atoms with E-state index in [1.54, 1.807) is 23.6 Å². The van der Waals surface area contributed by atoms with Gasteiger partial charge < -0.3 is 9.47 Å². The molecule has 0 radical (unpaired) electrons. The number of halogens is 3. The average Bonchev–Trinajstić information content (AvgIpc) is 3.33. The largest absolute Gasteiger partial charge is 0.416 e. The molecule has 1 atom stereocenters. The van der Waals surface area contributed by atoms with Crippen LogP contribution in [-0.2, 0) is 20.8 Å². The van der Waals surface area contributed by atoms with Gasteiger partial charge in [-0.1, -0.05) is 13.5 Å². The first-order valence-corrected chi connectivity index (χ1v) is 12.2. The van der Waals surface area contributed by atoms with Gasteiger partial charge in [-0.2, -0.15) is 13.2 Å². The third-order valence-corrected chi connectivity index (χ3v) is 9.13. The summed E-state index contributed by atoms with van der Waals surface area (Å²) in [6.07, 6.45) is 0.869. The Kier molecular flexibility index (Phi) is 7.17. The Morgan fingerprint density at radius 2 is 1.69 bits per heavy atom. The van der Waals surface area contributed by atoms with Crippen molar-refractivity contribution < 1.29 is 26.4 Å². The fourth-order valence-electron chi connectivity index (χ4n) is 4.28. The number of piperidine rings is 1. The van der Waals surface area contributed by atoms with Crippen molar-refractivity contribution in [3.63, 3.8) is 0 Å². The quantitative estimate of drug-likeness (QED) is 0.456. The number of hydrogen-bond donors (Lipinski definition) is 0. The first kappa shape index (κ1) is 26.5. The molecular weight excluding hydrogens is 479 g/mol. The number of carbonyl (C=O) groups is 1. The van der Waals surface area contributed by atoms with E-state index in [0.717, 1.165) is 17.8 Å². The lowest BCUT2D eigenvalue weighted by Crippen LogP contribution is -2.48. The fourth-order valence-corrected chi connectivity index (χ4v) is 6.07. The number of amides is 1. The van der Waals surface area contributed by atoms with Crippen molar-refractivity contribution in [2.45, 2.75) is 49.9 Å². The number of rotatable bonds is 5. The molecule has 35 heavy (non-hydrogen) atoms. The van der Waals surface area contributed by atoms with E-state index in [0.29, 0.717) is 24.7 Å². The Labute approximate surface area is 203 Å². The maximum atomic E-state index is 13.3. The normalized spacial score (nSPS) is 17.2. The van der Waals surface area contributed by atoms with Gasteiger partial charge in [0.15, 0.2) is 9.84 Å². The molecule has 1 aliphatic heterocycles. The summed E-state index contributed by atoms with van der Waals surface area (Å²) in [4.78, 5) is 18.2. The van der Waals surface area contributed by atoms with E-state index in [2.05, 4.69) is 4.98 Å². The molecule has 3 aromatic rings. The second-order valence-corrected chi connectivity index (χ2v) is 11.4. The highest BCUT2D eigenvalue weighted by Gasteiger charge is 2.46. The van der Waals surface area contributed by atoms with Gasteiger partial charge in [-0.3, -0.25) is 4.79 Å². The maximum Gasteiger partial charge on any atom is 0.416 e. The van der Waals surface area contributed by atoms with Crippen molar-refractivity contribution in [3.05, 3.63) is 72.8 Å². The highest BCUT2D eigenvalue weighted by atomic mass is 32.2. The van der Waals surface area contributed by atoms with E-state index in [9.17, 15) is 26.4 Å². The van der Waals surface area contributed by atoms with Crippen LogP contribution in [0.1, 0.15) is 39.7 Å². The number of anilines is 1. The molecule has 0 saturated carbocycles. The summed E-state index contributed by atoms with van der Waals surface area (Å²) in [5, 5.41) is 0. The predicted molar refractivity (Wildman–Crippen MR) is 128 cm³/mol. The summed E-state index contributed by atoms with van der Waals surface area (Å²) in [5.74, 6) is -0.764. The van der Waals surface area contributed by atoms with Crippen LogP contribution in [0.3, 0.4) is 0 Å². The van der Waals surface area contributed by atoms with Crippen LogP contribution in [0.15, 0.2) is 72.1 Å². The Hall–Kier alpha value is -3.14. The molecule has 1 aromatic heterocycles. The van der Waals surface area contributed by atoms with Crippen LogP contribution in [0.2, 0.25) is 0 Å². The van der Waals surface area contributed by atoms with Crippen LogP contribution in [0.4, 0.5) is 18.9 Å². The summed E-state index contributed by atoms with van der Waals surface area (Å²) >= 11 is 0. The van der Waals surface area contributed by atoms with E-state index in [1.807, 2.05) is 28.8 Å². The third kappa shape index (κ3) is 4.98. The van der Waals surface area contributed by atoms with Crippen LogP contribution >= 0.6 is 0 Å². The van der Waals surface area contributed by atoms with Gasteiger partial charge in [-0.25, -0.2) is 13.4 Å². The zero-order valence-corrected chi connectivity index (χ0v) is 19.5. The van der Waals surface area contributed by atoms with Crippen LogP contribution in [-0.4, -0.2) is 35.2 Å². The van der Waals surface area contributed by atoms with Crippen LogP contribution < -0.4 is 4.90 Å². The van der Waals surface area contributed by atoms with E-state index in [1.165, 1.54) is 19.9 Å². The Morgan fingerprint density at radius 3 is 2.26 bits per heavy atom. The Bertz CT molecular complexity index is 1290. The maximum absolute atomic E-state index is 13.3. The summed E-state index contributed by atoms with van der Waals surface area (Å²) in [6, 6.07) is 11.1. The Morgan fingerprint density at radius 1 is 1.03 bits per heavy atom. The number of aromatic nitrogens is 2. The number of hydrogen-bond acceptors (Lipinski definition) is 4. The van der Waals surface area contributed by atoms with Crippen molar-refractivity contribution in [3.8, 4) is 5.69 Å². The van der Waals surface area contributed by atoms with Crippen molar-refractivity contribution in [2.75, 3.05) is 11.4 Å². The van der Waals surface area contributed by atoms with Crippen LogP contribution in [0, 0.1) is 5.92 Å². The highest BCUT2D eigenvalue weighted by molar-refractivity contribution is 7.92. The topological polar surface area (TPSA) is 72.3 Å². The minimum Gasteiger partial charge on any atom is -0.312 e. The molecule has 1 saturated heterocycles. The van der Waals surface area contributed by atoms with Crippen molar-refractivity contribution in [1.82, 2.24) is 9.55 Å². The van der Waals surface area contributed by atoms with Gasteiger partial charge in [-0.05, 0) is 68.7 Å². The standard InChI is InChI=1S/C24H24F3N3O3S.CH4/c1-23(2,34(32,33)21-5-3-4-18(14-21)24(25,26)27)17-10-12-30(22(31)15-17)20-8-6-19(7-9-20)29-13-11-28-16-29;/h3-9,11,13-14,16-17H,10,12,15H2,1-2H3;1H4/t17-;/m1./s1. The van der Waals surface area contributed by atoms with Crippen LogP contribution in [0.25, 0.3) is 5.69 Å². The van der Waals surface area contributed by atoms with Crippen LogP contribution in [0.5, 0.6) is 0 Å². The molecule has 1 fully saturated rings. The molecule has 2 heterocycles. The molecular formula is C25H28F3N3O3S. The summed E-state index contributed by atoms with van der Waals surface area (Å²) in [7, 11) is -4.14. The van der Waals surface area contributed by atoms with E-state index in [4.69, 9.17) is 0 Å². The monoisotopic (exact) mass is 507 g/mol. The minimum atomic E-state index is -4.65. The molecule has 4 rings (SSSR count). The molecule has 0 N–H and O–H groups in total. The second kappa shape index (κ2) is 9.49. The predicted octanol–water partition coefficient (Wildman–Crippen LogP) is 5.52. The van der Waals surface area contributed by atoms with E-state index >= 15 is 0 Å². The molecule has 2 aromatic carbocycles. The molecule has 0 aliphatic carbocycles. The van der Waals surface area contributed by atoms with Crippen molar-refractivity contribution >= 4 is 21.4 Å². The Balaban J connectivity index is 0.00000342. The SMILES string of the molecule is C.CC(C)([C@@H]1CCN(c2ccc(-n3ccnc3)cc2)C(=O)C1)S(=O)(=O)c1cccc(C(F)(F)F)c1. The lowest BCUT2D eigenvalue weighted by atomic mass is 9.85. The molecule has 1 aliphatic rings.